The summed E-state index contributed by atoms with van der Waals surface area (Å²) in [6.07, 6.45) is 4.44. The molecule has 4 heteroatoms. The van der Waals surface area contributed by atoms with Gasteiger partial charge in [0, 0.05) is 25.4 Å². The number of aromatic nitrogens is 1. The van der Waals surface area contributed by atoms with Gasteiger partial charge in [0.1, 0.15) is 5.75 Å². The van der Waals surface area contributed by atoms with E-state index in [1.54, 1.807) is 6.20 Å². The van der Waals surface area contributed by atoms with Gasteiger partial charge in [-0.3, -0.25) is 4.98 Å². The molecule has 0 spiro atoms. The molecule has 0 aliphatic heterocycles. The van der Waals surface area contributed by atoms with Crippen molar-refractivity contribution in [2.45, 2.75) is 13.0 Å². The molecule has 1 aromatic heterocycles. The van der Waals surface area contributed by atoms with E-state index >= 15 is 0 Å². The van der Waals surface area contributed by atoms with Crippen LogP contribution in [0.3, 0.4) is 0 Å². The molecular weight excluding hydrogens is 260 g/mol. The minimum absolute atomic E-state index is 0.594. The molecule has 0 aliphatic carbocycles. The van der Waals surface area contributed by atoms with Crippen LogP contribution >= 0.6 is 11.6 Å². The quantitative estimate of drug-likeness (QED) is 0.880. The molecule has 0 unspecified atom stereocenters. The Morgan fingerprint density at radius 3 is 2.84 bits per heavy atom. The molecule has 100 valence electrons. The van der Waals surface area contributed by atoms with Gasteiger partial charge in [0.15, 0.2) is 0 Å². The van der Waals surface area contributed by atoms with Gasteiger partial charge in [-0.05, 0) is 36.4 Å². The van der Waals surface area contributed by atoms with E-state index < -0.39 is 0 Å². The fourth-order valence-corrected chi connectivity index (χ4v) is 2.06. The van der Waals surface area contributed by atoms with E-state index in [9.17, 15) is 0 Å². The van der Waals surface area contributed by atoms with Crippen molar-refractivity contribution < 1.29 is 4.74 Å². The number of hydrogen-bond donors (Lipinski definition) is 1. The Labute approximate surface area is 118 Å². The fraction of sp³-hybridized carbons (Fsp3) is 0.267. The van der Waals surface area contributed by atoms with Crippen LogP contribution < -0.4 is 10.1 Å². The van der Waals surface area contributed by atoms with Crippen LogP contribution in [0, 0.1) is 0 Å². The Morgan fingerprint density at radius 1 is 1.26 bits per heavy atom. The third-order valence-corrected chi connectivity index (χ3v) is 3.04. The van der Waals surface area contributed by atoms with Gasteiger partial charge in [-0.25, -0.2) is 0 Å². The van der Waals surface area contributed by atoms with Gasteiger partial charge >= 0.3 is 0 Å². The second kappa shape index (κ2) is 7.12. The number of nitrogens with zero attached hydrogens (tertiary/aromatic N) is 1. The highest BCUT2D eigenvalue weighted by molar-refractivity contribution is 6.32. The van der Waals surface area contributed by atoms with E-state index in [4.69, 9.17) is 16.3 Å². The lowest BCUT2D eigenvalue weighted by atomic mass is 10.2. The highest BCUT2D eigenvalue weighted by Gasteiger charge is 2.03. The number of hydrogen-bond acceptors (Lipinski definition) is 3. The monoisotopic (exact) mass is 276 g/mol. The Morgan fingerprint density at radius 2 is 2.16 bits per heavy atom. The molecule has 0 aliphatic rings. The summed E-state index contributed by atoms with van der Waals surface area (Å²) < 4.78 is 5.69. The summed E-state index contributed by atoms with van der Waals surface area (Å²) in [7, 11) is 1.91. The lowest BCUT2D eigenvalue weighted by Crippen LogP contribution is -2.05. The zero-order chi connectivity index (χ0) is 13.5. The Balaban J connectivity index is 1.89. The molecule has 0 saturated heterocycles. The van der Waals surface area contributed by atoms with Crippen molar-refractivity contribution in [3.05, 3.63) is 58.9 Å². The van der Waals surface area contributed by atoms with Gasteiger partial charge < -0.3 is 10.1 Å². The molecular formula is C15H17ClN2O. The molecule has 0 fully saturated rings. The van der Waals surface area contributed by atoms with E-state index in [0.717, 1.165) is 29.8 Å². The molecule has 0 radical (unpaired) electrons. The Bertz CT molecular complexity index is 517. The van der Waals surface area contributed by atoms with Crippen molar-refractivity contribution in [2.24, 2.45) is 0 Å². The first-order chi connectivity index (χ1) is 9.29. The predicted molar refractivity (Wildman–Crippen MR) is 77.7 cm³/mol. The lowest BCUT2D eigenvalue weighted by Gasteiger charge is -2.09. The van der Waals surface area contributed by atoms with Crippen LogP contribution in [0.5, 0.6) is 5.75 Å². The van der Waals surface area contributed by atoms with Gasteiger partial charge in [-0.15, -0.1) is 0 Å². The smallest absolute Gasteiger partial charge is 0.137 e. The van der Waals surface area contributed by atoms with Crippen molar-refractivity contribution >= 4 is 11.6 Å². The molecule has 2 rings (SSSR count). The summed E-state index contributed by atoms with van der Waals surface area (Å²) in [4.78, 5) is 4.07. The van der Waals surface area contributed by atoms with E-state index in [0.29, 0.717) is 11.6 Å². The van der Waals surface area contributed by atoms with Crippen LogP contribution in [0.2, 0.25) is 5.02 Å². The van der Waals surface area contributed by atoms with E-state index in [1.165, 1.54) is 0 Å². The zero-order valence-electron chi connectivity index (χ0n) is 10.9. The summed E-state index contributed by atoms with van der Waals surface area (Å²) in [6.45, 7) is 1.40. The van der Waals surface area contributed by atoms with Crippen LogP contribution in [0.4, 0.5) is 0 Å². The van der Waals surface area contributed by atoms with Crippen molar-refractivity contribution in [3.63, 3.8) is 0 Å². The molecule has 1 aromatic carbocycles. The van der Waals surface area contributed by atoms with E-state index in [2.05, 4.69) is 10.3 Å². The maximum absolute atomic E-state index is 6.18. The fourth-order valence-electron chi connectivity index (χ4n) is 1.80. The van der Waals surface area contributed by atoms with Crippen LogP contribution in [-0.4, -0.2) is 18.6 Å². The molecule has 0 atom stereocenters. The summed E-state index contributed by atoms with van der Waals surface area (Å²) in [5.74, 6) is 0.727. The highest BCUT2D eigenvalue weighted by Crippen LogP contribution is 2.25. The van der Waals surface area contributed by atoms with E-state index in [-0.39, 0.29) is 0 Å². The van der Waals surface area contributed by atoms with Crippen LogP contribution in [-0.2, 0) is 13.0 Å². The summed E-state index contributed by atoms with van der Waals surface area (Å²) in [6, 6.07) is 9.82. The number of pyridine rings is 1. The standard InChI is InChI=1S/C15H17ClN2O/c1-17-10-13-4-5-15(14(16)9-13)19-8-6-12-3-2-7-18-11-12/h2-5,7,9,11,17H,6,8,10H2,1H3. The van der Waals surface area contributed by atoms with Crippen molar-refractivity contribution in [1.82, 2.24) is 10.3 Å². The maximum atomic E-state index is 6.18. The molecule has 2 aromatic rings. The normalized spacial score (nSPS) is 10.4. The van der Waals surface area contributed by atoms with Gasteiger partial charge in [-0.2, -0.15) is 0 Å². The average Bonchev–Trinajstić information content (AvgIpc) is 2.43. The number of benzene rings is 1. The SMILES string of the molecule is CNCc1ccc(OCCc2cccnc2)c(Cl)c1. The van der Waals surface area contributed by atoms with Crippen LogP contribution in [0.1, 0.15) is 11.1 Å². The third kappa shape index (κ3) is 4.23. The summed E-state index contributed by atoms with van der Waals surface area (Å²) in [5, 5.41) is 3.74. The van der Waals surface area contributed by atoms with Gasteiger partial charge in [-0.1, -0.05) is 23.7 Å². The Kier molecular flexibility index (Phi) is 5.19. The molecule has 1 heterocycles. The molecule has 0 amide bonds. The first kappa shape index (κ1) is 13.8. The van der Waals surface area contributed by atoms with Gasteiger partial charge in [0.25, 0.3) is 0 Å². The minimum Gasteiger partial charge on any atom is -0.492 e. The van der Waals surface area contributed by atoms with Gasteiger partial charge in [0.05, 0.1) is 11.6 Å². The van der Waals surface area contributed by atoms with Crippen LogP contribution in [0.15, 0.2) is 42.7 Å². The molecule has 1 N–H and O–H groups in total. The Hall–Kier alpha value is -1.58. The number of rotatable bonds is 6. The minimum atomic E-state index is 0.594. The maximum Gasteiger partial charge on any atom is 0.137 e. The van der Waals surface area contributed by atoms with Crippen molar-refractivity contribution in [2.75, 3.05) is 13.7 Å². The second-order valence-corrected chi connectivity index (χ2v) is 4.66. The number of nitrogens with one attached hydrogen (secondary N) is 1. The second-order valence-electron chi connectivity index (χ2n) is 4.25. The van der Waals surface area contributed by atoms with Crippen molar-refractivity contribution in [1.29, 1.82) is 0 Å². The zero-order valence-corrected chi connectivity index (χ0v) is 11.7. The first-order valence-corrected chi connectivity index (χ1v) is 6.62. The molecule has 0 bridgehead atoms. The van der Waals surface area contributed by atoms with E-state index in [1.807, 2.05) is 43.6 Å². The first-order valence-electron chi connectivity index (χ1n) is 6.24. The van der Waals surface area contributed by atoms with Crippen LogP contribution in [0.25, 0.3) is 0 Å². The molecule has 0 saturated carbocycles. The summed E-state index contributed by atoms with van der Waals surface area (Å²) >= 11 is 6.18. The highest BCUT2D eigenvalue weighted by atomic mass is 35.5. The molecule has 3 nitrogen and oxygen atoms in total. The lowest BCUT2D eigenvalue weighted by molar-refractivity contribution is 0.322. The topological polar surface area (TPSA) is 34.1 Å². The third-order valence-electron chi connectivity index (χ3n) is 2.75. The molecule has 19 heavy (non-hydrogen) atoms. The number of ether oxygens (including phenoxy) is 1. The largest absolute Gasteiger partial charge is 0.492 e. The van der Waals surface area contributed by atoms with Crippen molar-refractivity contribution in [3.8, 4) is 5.75 Å². The predicted octanol–water partition coefficient (Wildman–Crippen LogP) is 3.08. The number of halogens is 1. The van der Waals surface area contributed by atoms with Gasteiger partial charge in [0.2, 0.25) is 0 Å². The summed E-state index contributed by atoms with van der Waals surface area (Å²) in [5.41, 5.74) is 2.30. The average molecular weight is 277 g/mol.